The minimum absolute atomic E-state index is 0.0648. The van der Waals surface area contributed by atoms with Gasteiger partial charge in [-0.15, -0.1) is 0 Å². The van der Waals surface area contributed by atoms with Gasteiger partial charge in [-0.3, -0.25) is 0 Å². The zero-order chi connectivity index (χ0) is 18.5. The molecule has 0 aliphatic carbocycles. The molecule has 0 saturated carbocycles. The van der Waals surface area contributed by atoms with Crippen LogP contribution < -0.4 is 15.1 Å². The average Bonchev–Trinajstić information content (AvgIpc) is 2.66. The Morgan fingerprint density at radius 1 is 1.23 bits per heavy atom. The Hall–Kier alpha value is -2.66. The molecule has 138 valence electrons. The molecule has 1 fully saturated rings. The standard InChI is InChI=1S/C15H17BrN6O4/c1-25-15-19-13(18-14(20-15)22-2-4-26-5-3-22)21-17-8-9-6-10(16)12(24)7-11(9)23/h6-8,23-24H,2-5H2,1H3,(H,18,19,20,21)/b17-8+. The number of anilines is 2. The molecule has 0 amide bonds. The van der Waals surface area contributed by atoms with Crippen molar-refractivity contribution >= 4 is 34.0 Å². The van der Waals surface area contributed by atoms with Crippen molar-refractivity contribution in [1.82, 2.24) is 15.0 Å². The number of aromatic nitrogens is 3. The van der Waals surface area contributed by atoms with Gasteiger partial charge in [-0.2, -0.15) is 20.1 Å². The first-order chi connectivity index (χ1) is 12.6. The first-order valence-corrected chi connectivity index (χ1v) is 8.49. The van der Waals surface area contributed by atoms with Crippen molar-refractivity contribution in [3.63, 3.8) is 0 Å². The number of phenolic OH excluding ortho intramolecular Hbond substituents is 2. The zero-order valence-electron chi connectivity index (χ0n) is 13.9. The molecule has 11 heteroatoms. The Balaban J connectivity index is 1.77. The van der Waals surface area contributed by atoms with E-state index < -0.39 is 0 Å². The minimum Gasteiger partial charge on any atom is -0.507 e. The van der Waals surface area contributed by atoms with E-state index in [-0.39, 0.29) is 23.5 Å². The Labute approximate surface area is 157 Å². The Kier molecular flexibility index (Phi) is 5.68. The molecule has 0 radical (unpaired) electrons. The molecule has 1 saturated heterocycles. The van der Waals surface area contributed by atoms with E-state index in [4.69, 9.17) is 9.47 Å². The van der Waals surface area contributed by atoms with Gasteiger partial charge in [0.15, 0.2) is 0 Å². The quantitative estimate of drug-likeness (QED) is 0.481. The van der Waals surface area contributed by atoms with Crippen LogP contribution in [0.2, 0.25) is 0 Å². The van der Waals surface area contributed by atoms with Gasteiger partial charge in [0, 0.05) is 24.7 Å². The molecule has 0 bridgehead atoms. The van der Waals surface area contributed by atoms with Crippen LogP contribution in [0.1, 0.15) is 5.56 Å². The fourth-order valence-corrected chi connectivity index (χ4v) is 2.58. The number of halogens is 1. The van der Waals surface area contributed by atoms with Crippen molar-refractivity contribution in [2.24, 2.45) is 5.10 Å². The molecule has 10 nitrogen and oxygen atoms in total. The zero-order valence-corrected chi connectivity index (χ0v) is 15.5. The van der Waals surface area contributed by atoms with Crippen molar-refractivity contribution in [3.05, 3.63) is 22.2 Å². The van der Waals surface area contributed by atoms with Crippen molar-refractivity contribution in [1.29, 1.82) is 0 Å². The number of hydrogen-bond acceptors (Lipinski definition) is 10. The largest absolute Gasteiger partial charge is 0.507 e. The molecule has 1 aromatic carbocycles. The third-order valence-corrected chi connectivity index (χ3v) is 4.18. The van der Waals surface area contributed by atoms with E-state index in [2.05, 4.69) is 41.4 Å². The van der Waals surface area contributed by atoms with Crippen molar-refractivity contribution in [3.8, 4) is 17.5 Å². The molecular formula is C15H17BrN6O4. The number of hydrogen-bond donors (Lipinski definition) is 3. The molecule has 2 heterocycles. The van der Waals surface area contributed by atoms with E-state index >= 15 is 0 Å². The van der Waals surface area contributed by atoms with Crippen LogP contribution in [0.5, 0.6) is 17.5 Å². The fourth-order valence-electron chi connectivity index (χ4n) is 2.22. The maximum Gasteiger partial charge on any atom is 0.322 e. The smallest absolute Gasteiger partial charge is 0.322 e. The number of hydrazone groups is 1. The highest BCUT2D eigenvalue weighted by Gasteiger charge is 2.16. The van der Waals surface area contributed by atoms with E-state index in [0.717, 1.165) is 0 Å². The molecule has 0 atom stereocenters. The highest BCUT2D eigenvalue weighted by atomic mass is 79.9. The summed E-state index contributed by atoms with van der Waals surface area (Å²) in [6.07, 6.45) is 1.38. The number of methoxy groups -OCH3 is 1. The van der Waals surface area contributed by atoms with Gasteiger partial charge in [-0.05, 0) is 22.0 Å². The van der Waals surface area contributed by atoms with Crippen LogP contribution in [-0.4, -0.2) is 64.8 Å². The summed E-state index contributed by atoms with van der Waals surface area (Å²) in [4.78, 5) is 14.6. The predicted octanol–water partition coefficient (Wildman–Crippen LogP) is 1.34. The van der Waals surface area contributed by atoms with Gasteiger partial charge in [-0.1, -0.05) is 0 Å². The van der Waals surface area contributed by atoms with Crippen molar-refractivity contribution < 1.29 is 19.7 Å². The lowest BCUT2D eigenvalue weighted by Gasteiger charge is -2.26. The molecule has 3 rings (SSSR count). The normalized spacial score (nSPS) is 14.6. The molecule has 26 heavy (non-hydrogen) atoms. The van der Waals surface area contributed by atoms with E-state index in [1.54, 1.807) is 0 Å². The minimum atomic E-state index is -0.113. The number of nitrogens with zero attached hydrogens (tertiary/aromatic N) is 5. The molecular weight excluding hydrogens is 408 g/mol. The van der Waals surface area contributed by atoms with Crippen LogP contribution in [0.4, 0.5) is 11.9 Å². The predicted molar refractivity (Wildman–Crippen MR) is 98.1 cm³/mol. The maximum atomic E-state index is 9.83. The molecule has 1 aromatic heterocycles. The molecule has 1 aliphatic heterocycles. The number of morpholine rings is 1. The van der Waals surface area contributed by atoms with Crippen molar-refractivity contribution in [2.45, 2.75) is 0 Å². The van der Waals surface area contributed by atoms with Gasteiger partial charge < -0.3 is 24.6 Å². The SMILES string of the molecule is COc1nc(N/N=C/c2cc(Br)c(O)cc2O)nc(N2CCOCC2)n1. The van der Waals surface area contributed by atoms with Crippen LogP contribution in [0.25, 0.3) is 0 Å². The second kappa shape index (κ2) is 8.15. The summed E-state index contributed by atoms with van der Waals surface area (Å²) in [7, 11) is 1.47. The van der Waals surface area contributed by atoms with Crippen LogP contribution in [0.3, 0.4) is 0 Å². The maximum absolute atomic E-state index is 9.83. The number of rotatable bonds is 5. The van der Waals surface area contributed by atoms with E-state index in [9.17, 15) is 10.2 Å². The average molecular weight is 425 g/mol. The van der Waals surface area contributed by atoms with Crippen LogP contribution in [0, 0.1) is 0 Å². The third-order valence-electron chi connectivity index (χ3n) is 3.54. The van der Waals surface area contributed by atoms with Crippen LogP contribution >= 0.6 is 15.9 Å². The van der Waals surface area contributed by atoms with Crippen LogP contribution in [0.15, 0.2) is 21.7 Å². The number of ether oxygens (including phenoxy) is 2. The number of phenols is 2. The van der Waals surface area contributed by atoms with Gasteiger partial charge in [0.1, 0.15) is 11.5 Å². The highest BCUT2D eigenvalue weighted by Crippen LogP contribution is 2.30. The summed E-state index contributed by atoms with van der Waals surface area (Å²) in [5, 5.41) is 23.4. The van der Waals surface area contributed by atoms with Gasteiger partial charge in [0.05, 0.1) is 31.0 Å². The van der Waals surface area contributed by atoms with E-state index in [1.807, 2.05) is 4.90 Å². The summed E-state index contributed by atoms with van der Waals surface area (Å²) in [6, 6.07) is 2.91. The summed E-state index contributed by atoms with van der Waals surface area (Å²) >= 11 is 3.18. The lowest BCUT2D eigenvalue weighted by Crippen LogP contribution is -2.37. The van der Waals surface area contributed by atoms with E-state index in [1.165, 1.54) is 25.5 Å². The highest BCUT2D eigenvalue weighted by molar-refractivity contribution is 9.10. The Bertz CT molecular complexity index is 813. The van der Waals surface area contributed by atoms with Gasteiger partial charge in [0.2, 0.25) is 5.95 Å². The first-order valence-electron chi connectivity index (χ1n) is 7.70. The summed E-state index contributed by atoms with van der Waals surface area (Å²) in [5.41, 5.74) is 3.09. The lowest BCUT2D eigenvalue weighted by molar-refractivity contribution is 0.122. The first kappa shape index (κ1) is 18.1. The number of aromatic hydroxyl groups is 2. The summed E-state index contributed by atoms with van der Waals surface area (Å²) < 4.78 is 10.9. The molecule has 3 N–H and O–H groups in total. The topological polar surface area (TPSA) is 125 Å². The van der Waals surface area contributed by atoms with Crippen LogP contribution in [-0.2, 0) is 4.74 Å². The molecule has 1 aliphatic rings. The summed E-state index contributed by atoms with van der Waals surface area (Å²) in [5.74, 6) is 0.489. The Morgan fingerprint density at radius 3 is 2.73 bits per heavy atom. The van der Waals surface area contributed by atoms with Gasteiger partial charge >= 0.3 is 6.01 Å². The number of benzene rings is 1. The number of nitrogens with one attached hydrogen (secondary N) is 1. The van der Waals surface area contributed by atoms with E-state index in [0.29, 0.717) is 42.3 Å². The Morgan fingerprint density at radius 2 is 2.00 bits per heavy atom. The monoisotopic (exact) mass is 424 g/mol. The lowest BCUT2D eigenvalue weighted by atomic mass is 10.2. The second-order valence-electron chi connectivity index (χ2n) is 5.28. The van der Waals surface area contributed by atoms with Crippen molar-refractivity contribution in [2.75, 3.05) is 43.7 Å². The molecule has 2 aromatic rings. The van der Waals surface area contributed by atoms with Gasteiger partial charge in [-0.25, -0.2) is 5.43 Å². The molecule has 0 spiro atoms. The third kappa shape index (κ3) is 4.29. The second-order valence-corrected chi connectivity index (χ2v) is 6.13. The fraction of sp³-hybridized carbons (Fsp3) is 0.333. The van der Waals surface area contributed by atoms with Gasteiger partial charge in [0.25, 0.3) is 5.95 Å². The summed E-state index contributed by atoms with van der Waals surface area (Å²) in [6.45, 7) is 2.55. The molecule has 0 unspecified atom stereocenters.